The van der Waals surface area contributed by atoms with E-state index in [-0.39, 0.29) is 0 Å². The van der Waals surface area contributed by atoms with Crippen LogP contribution in [0.15, 0.2) is 67.4 Å². The van der Waals surface area contributed by atoms with E-state index in [9.17, 15) is 0 Å². The third-order valence-corrected chi connectivity index (χ3v) is 6.63. The number of rotatable bonds is 7. The summed E-state index contributed by atoms with van der Waals surface area (Å²) in [6.45, 7) is 4.51. The summed E-state index contributed by atoms with van der Waals surface area (Å²) >= 11 is 0. The first-order valence-electron chi connectivity index (χ1n) is 11.2. The molecule has 6 heteroatoms. The van der Waals surface area contributed by atoms with E-state index in [0.717, 1.165) is 25.2 Å². The van der Waals surface area contributed by atoms with Crippen LogP contribution in [0.25, 0.3) is 16.6 Å². The molecule has 0 amide bonds. The molecule has 160 valence electrons. The second-order valence-corrected chi connectivity index (χ2v) is 8.64. The minimum atomic E-state index is 0.671. The molecule has 5 rings (SSSR count). The van der Waals surface area contributed by atoms with Crippen LogP contribution in [0.3, 0.4) is 0 Å². The lowest BCUT2D eigenvalue weighted by Crippen LogP contribution is -2.43. The summed E-state index contributed by atoms with van der Waals surface area (Å²) < 4.78 is 1.95. The molecule has 4 aromatic rings. The Hall–Kier alpha value is -2.96. The van der Waals surface area contributed by atoms with Gasteiger partial charge in [-0.25, -0.2) is 0 Å². The molecule has 1 aliphatic rings. The van der Waals surface area contributed by atoms with Gasteiger partial charge in [-0.05, 0) is 68.7 Å². The third-order valence-electron chi connectivity index (χ3n) is 6.63. The maximum atomic E-state index is 3.92. The maximum absolute atomic E-state index is 3.92. The van der Waals surface area contributed by atoms with E-state index in [1.54, 1.807) is 12.7 Å². The van der Waals surface area contributed by atoms with Crippen LogP contribution in [0.4, 0.5) is 0 Å². The first-order valence-corrected chi connectivity index (χ1v) is 11.2. The largest absolute Gasteiger partial charge is 0.361 e. The van der Waals surface area contributed by atoms with Crippen molar-refractivity contribution in [2.24, 2.45) is 0 Å². The second kappa shape index (κ2) is 9.04. The smallest absolute Gasteiger partial charge is 0.123 e. The SMILES string of the molecule is CN(CCc1c[nH]c2ccc(-n3cnnc3)cc12)C1CCN(Cc2ccccc2)CC1. The maximum Gasteiger partial charge on any atom is 0.123 e. The summed E-state index contributed by atoms with van der Waals surface area (Å²) in [7, 11) is 2.29. The zero-order valence-corrected chi connectivity index (χ0v) is 18.1. The van der Waals surface area contributed by atoms with Crippen LogP contribution in [0.5, 0.6) is 0 Å². The van der Waals surface area contributed by atoms with Gasteiger partial charge < -0.3 is 9.88 Å². The Morgan fingerprint density at radius 3 is 2.58 bits per heavy atom. The molecule has 0 unspecified atom stereocenters. The molecule has 1 fully saturated rings. The third kappa shape index (κ3) is 4.55. The lowest BCUT2D eigenvalue weighted by Gasteiger charge is -2.36. The van der Waals surface area contributed by atoms with Crippen molar-refractivity contribution in [3.8, 4) is 5.69 Å². The van der Waals surface area contributed by atoms with E-state index < -0.39 is 0 Å². The molecule has 0 saturated carbocycles. The Balaban J connectivity index is 1.17. The van der Waals surface area contributed by atoms with E-state index in [4.69, 9.17) is 0 Å². The first kappa shape index (κ1) is 20.0. The van der Waals surface area contributed by atoms with Gasteiger partial charge in [-0.3, -0.25) is 9.47 Å². The van der Waals surface area contributed by atoms with Crippen molar-refractivity contribution in [2.45, 2.75) is 31.8 Å². The fraction of sp³-hybridized carbons (Fsp3) is 0.360. The summed E-state index contributed by atoms with van der Waals surface area (Å²) in [5.74, 6) is 0. The summed E-state index contributed by atoms with van der Waals surface area (Å²) in [6.07, 6.45) is 9.18. The van der Waals surface area contributed by atoms with E-state index in [1.807, 2.05) is 4.57 Å². The van der Waals surface area contributed by atoms with Gasteiger partial charge >= 0.3 is 0 Å². The Kier molecular flexibility index (Phi) is 5.82. The Morgan fingerprint density at radius 2 is 1.81 bits per heavy atom. The van der Waals surface area contributed by atoms with E-state index in [0.29, 0.717) is 6.04 Å². The van der Waals surface area contributed by atoms with Crippen LogP contribution >= 0.6 is 0 Å². The number of nitrogens with one attached hydrogen (secondary N) is 1. The molecule has 1 aliphatic heterocycles. The van der Waals surface area contributed by atoms with Crippen molar-refractivity contribution in [1.82, 2.24) is 29.5 Å². The van der Waals surface area contributed by atoms with Crippen LogP contribution in [-0.2, 0) is 13.0 Å². The Labute approximate surface area is 183 Å². The molecule has 1 saturated heterocycles. The predicted molar refractivity (Wildman–Crippen MR) is 124 cm³/mol. The molecule has 0 aliphatic carbocycles. The number of nitrogens with zero attached hydrogens (tertiary/aromatic N) is 5. The zero-order chi connectivity index (χ0) is 21.0. The molecule has 31 heavy (non-hydrogen) atoms. The highest BCUT2D eigenvalue weighted by Gasteiger charge is 2.22. The summed E-state index contributed by atoms with van der Waals surface area (Å²) in [5, 5.41) is 9.14. The van der Waals surface area contributed by atoms with E-state index >= 15 is 0 Å². The number of piperidine rings is 1. The highest BCUT2D eigenvalue weighted by molar-refractivity contribution is 5.85. The number of aromatic nitrogens is 4. The molecule has 0 bridgehead atoms. The topological polar surface area (TPSA) is 53.0 Å². The van der Waals surface area contributed by atoms with Gasteiger partial charge in [0.05, 0.1) is 0 Å². The average molecular weight is 415 g/mol. The summed E-state index contributed by atoms with van der Waals surface area (Å²) in [5.41, 5.74) is 5.07. The summed E-state index contributed by atoms with van der Waals surface area (Å²) in [6, 6.07) is 18.0. The minimum Gasteiger partial charge on any atom is -0.361 e. The minimum absolute atomic E-state index is 0.671. The Morgan fingerprint density at radius 1 is 1.03 bits per heavy atom. The van der Waals surface area contributed by atoms with Crippen LogP contribution in [0.1, 0.15) is 24.0 Å². The van der Waals surface area contributed by atoms with Gasteiger partial charge in [0.1, 0.15) is 12.7 Å². The first-order chi connectivity index (χ1) is 15.3. The van der Waals surface area contributed by atoms with E-state index in [2.05, 4.69) is 86.8 Å². The number of hydrogen-bond acceptors (Lipinski definition) is 4. The normalized spacial score (nSPS) is 15.8. The fourth-order valence-corrected chi connectivity index (χ4v) is 4.71. The lowest BCUT2D eigenvalue weighted by atomic mass is 10.0. The van der Waals surface area contributed by atoms with Gasteiger partial charge in [-0.1, -0.05) is 30.3 Å². The van der Waals surface area contributed by atoms with Crippen LogP contribution < -0.4 is 0 Å². The van der Waals surface area contributed by atoms with Gasteiger partial charge in [-0.2, -0.15) is 0 Å². The highest BCUT2D eigenvalue weighted by atomic mass is 15.2. The lowest BCUT2D eigenvalue weighted by molar-refractivity contribution is 0.124. The van der Waals surface area contributed by atoms with Crippen molar-refractivity contribution in [3.05, 3.63) is 78.5 Å². The monoisotopic (exact) mass is 414 g/mol. The summed E-state index contributed by atoms with van der Waals surface area (Å²) in [4.78, 5) is 8.57. The molecule has 2 aromatic heterocycles. The molecule has 2 aromatic carbocycles. The van der Waals surface area contributed by atoms with Crippen LogP contribution in [0, 0.1) is 0 Å². The van der Waals surface area contributed by atoms with E-state index in [1.165, 1.54) is 48.0 Å². The molecule has 6 nitrogen and oxygen atoms in total. The van der Waals surface area contributed by atoms with Crippen molar-refractivity contribution in [2.75, 3.05) is 26.7 Å². The zero-order valence-electron chi connectivity index (χ0n) is 18.1. The highest BCUT2D eigenvalue weighted by Crippen LogP contribution is 2.23. The molecular formula is C25H30N6. The number of aromatic amines is 1. The second-order valence-electron chi connectivity index (χ2n) is 8.64. The molecule has 0 radical (unpaired) electrons. The average Bonchev–Trinajstić information content (AvgIpc) is 3.48. The van der Waals surface area contributed by atoms with Crippen molar-refractivity contribution in [3.63, 3.8) is 0 Å². The number of fused-ring (bicyclic) bond motifs is 1. The number of likely N-dealkylation sites (tertiary alicyclic amines) is 1. The fourth-order valence-electron chi connectivity index (χ4n) is 4.71. The molecule has 3 heterocycles. The van der Waals surface area contributed by atoms with Crippen molar-refractivity contribution >= 4 is 10.9 Å². The van der Waals surface area contributed by atoms with Crippen LogP contribution in [-0.4, -0.2) is 62.3 Å². The molecular weight excluding hydrogens is 384 g/mol. The van der Waals surface area contributed by atoms with Gasteiger partial charge in [-0.15, -0.1) is 10.2 Å². The van der Waals surface area contributed by atoms with Gasteiger partial charge in [0.2, 0.25) is 0 Å². The number of H-pyrrole nitrogens is 1. The number of likely N-dealkylation sites (N-methyl/N-ethyl adjacent to an activating group) is 1. The van der Waals surface area contributed by atoms with Crippen molar-refractivity contribution in [1.29, 1.82) is 0 Å². The standard InChI is InChI=1S/C25H30N6/c1-29(22-10-13-30(14-11-22)17-20-5-3-2-4-6-20)12-9-21-16-26-25-8-7-23(15-24(21)25)31-18-27-28-19-31/h2-8,15-16,18-19,22,26H,9-14,17H2,1H3. The van der Waals surface area contributed by atoms with Gasteiger partial charge in [0.15, 0.2) is 0 Å². The molecule has 0 spiro atoms. The van der Waals surface area contributed by atoms with Gasteiger partial charge in [0, 0.05) is 41.9 Å². The Bertz CT molecular complexity index is 1090. The quantitative estimate of drug-likeness (QED) is 0.499. The van der Waals surface area contributed by atoms with Crippen molar-refractivity contribution < 1.29 is 0 Å². The molecule has 0 atom stereocenters. The van der Waals surface area contributed by atoms with Crippen LogP contribution in [0.2, 0.25) is 0 Å². The number of hydrogen-bond donors (Lipinski definition) is 1. The molecule has 1 N–H and O–H groups in total. The van der Waals surface area contributed by atoms with Gasteiger partial charge in [0.25, 0.3) is 0 Å². The number of benzene rings is 2. The predicted octanol–water partition coefficient (Wildman–Crippen LogP) is 3.89.